The van der Waals surface area contributed by atoms with Crippen LogP contribution in [0.5, 0.6) is 0 Å². The number of anilines is 1. The zero-order chi connectivity index (χ0) is 14.5. The number of hydrogen-bond acceptors (Lipinski definition) is 3. The maximum Gasteiger partial charge on any atom is 0.337 e. The number of carbonyl (C=O) groups is 1. The molecule has 0 fully saturated rings. The van der Waals surface area contributed by atoms with Crippen LogP contribution in [0.2, 0.25) is 10.0 Å². The smallest absolute Gasteiger partial charge is 0.337 e. The maximum absolute atomic E-state index is 11.0. The van der Waals surface area contributed by atoms with Crippen LogP contribution in [0.25, 0.3) is 0 Å². The summed E-state index contributed by atoms with van der Waals surface area (Å²) in [5.74, 6) is -0.987. The van der Waals surface area contributed by atoms with E-state index < -0.39 is 5.97 Å². The van der Waals surface area contributed by atoms with E-state index in [9.17, 15) is 4.79 Å². The molecule has 6 heteroatoms. The molecule has 0 saturated carbocycles. The number of hydrogen-bond donors (Lipinski definition) is 2. The number of benzene rings is 1. The van der Waals surface area contributed by atoms with Gasteiger partial charge in [0.15, 0.2) is 0 Å². The molecule has 104 valence electrons. The van der Waals surface area contributed by atoms with E-state index in [1.54, 1.807) is 12.1 Å². The lowest BCUT2D eigenvalue weighted by atomic mass is 10.1. The lowest BCUT2D eigenvalue weighted by Crippen LogP contribution is -2.10. The van der Waals surface area contributed by atoms with E-state index in [0.717, 1.165) is 5.56 Å². The van der Waals surface area contributed by atoms with Gasteiger partial charge in [0.2, 0.25) is 0 Å². The van der Waals surface area contributed by atoms with Gasteiger partial charge in [0.05, 0.1) is 17.4 Å². The fourth-order valence-corrected chi connectivity index (χ4v) is 2.28. The minimum Gasteiger partial charge on any atom is -0.478 e. The third-order valence-corrected chi connectivity index (χ3v) is 3.36. The molecule has 0 aliphatic heterocycles. The van der Waals surface area contributed by atoms with Crippen molar-refractivity contribution in [3.63, 3.8) is 0 Å². The summed E-state index contributed by atoms with van der Waals surface area (Å²) >= 11 is 11.9. The first-order valence-electron chi connectivity index (χ1n) is 5.93. The molecule has 2 aromatic rings. The average molecular weight is 311 g/mol. The van der Waals surface area contributed by atoms with Gasteiger partial charge in [-0.05, 0) is 30.2 Å². The number of nitrogens with one attached hydrogen (secondary N) is 1. The Morgan fingerprint density at radius 2 is 2.10 bits per heavy atom. The van der Waals surface area contributed by atoms with Crippen molar-refractivity contribution in [2.24, 2.45) is 0 Å². The zero-order valence-corrected chi connectivity index (χ0v) is 11.9. The summed E-state index contributed by atoms with van der Waals surface area (Å²) in [5, 5.41) is 13.3. The molecule has 1 heterocycles. The second-order valence-corrected chi connectivity index (χ2v) is 4.98. The summed E-state index contributed by atoms with van der Waals surface area (Å²) in [6, 6.07) is 6.77. The van der Waals surface area contributed by atoms with Gasteiger partial charge in [0.1, 0.15) is 0 Å². The summed E-state index contributed by atoms with van der Waals surface area (Å²) in [6.07, 6.45) is 3.60. The van der Waals surface area contributed by atoms with Crippen LogP contribution in [-0.4, -0.2) is 22.6 Å². The van der Waals surface area contributed by atoms with Gasteiger partial charge in [-0.1, -0.05) is 29.3 Å². The molecular formula is C14H12Cl2N2O2. The van der Waals surface area contributed by atoms with E-state index in [0.29, 0.717) is 28.7 Å². The topological polar surface area (TPSA) is 62.2 Å². The van der Waals surface area contributed by atoms with Crippen molar-refractivity contribution in [3.8, 4) is 0 Å². The van der Waals surface area contributed by atoms with Crippen LogP contribution in [-0.2, 0) is 6.42 Å². The molecule has 0 atom stereocenters. The fraction of sp³-hybridized carbons (Fsp3) is 0.143. The van der Waals surface area contributed by atoms with Crippen molar-refractivity contribution < 1.29 is 9.90 Å². The maximum atomic E-state index is 11.0. The highest BCUT2D eigenvalue weighted by Gasteiger charge is 2.09. The van der Waals surface area contributed by atoms with Gasteiger partial charge in [0.25, 0.3) is 0 Å². The minimum absolute atomic E-state index is 0.196. The SMILES string of the molecule is O=C(O)c1ccncc1NCCc1ccc(Cl)cc1Cl. The average Bonchev–Trinajstić information content (AvgIpc) is 2.41. The Hall–Kier alpha value is -1.78. The molecule has 0 amide bonds. The number of aromatic carboxylic acids is 1. The fourth-order valence-electron chi connectivity index (χ4n) is 1.78. The van der Waals surface area contributed by atoms with Crippen molar-refractivity contribution >= 4 is 34.9 Å². The molecule has 0 unspecified atom stereocenters. The van der Waals surface area contributed by atoms with Crippen molar-refractivity contribution in [2.75, 3.05) is 11.9 Å². The first-order valence-corrected chi connectivity index (χ1v) is 6.68. The number of nitrogens with zero attached hydrogens (tertiary/aromatic N) is 1. The zero-order valence-electron chi connectivity index (χ0n) is 10.4. The predicted molar refractivity (Wildman–Crippen MR) is 79.9 cm³/mol. The molecule has 0 bridgehead atoms. The number of rotatable bonds is 5. The first kappa shape index (κ1) is 14.6. The second kappa shape index (κ2) is 6.59. The van der Waals surface area contributed by atoms with Gasteiger partial charge in [-0.2, -0.15) is 0 Å². The van der Waals surface area contributed by atoms with Crippen LogP contribution < -0.4 is 5.32 Å². The molecule has 4 nitrogen and oxygen atoms in total. The van der Waals surface area contributed by atoms with E-state index >= 15 is 0 Å². The minimum atomic E-state index is -0.987. The normalized spacial score (nSPS) is 10.3. The van der Waals surface area contributed by atoms with E-state index in [1.165, 1.54) is 18.5 Å². The van der Waals surface area contributed by atoms with Crippen LogP contribution in [0.3, 0.4) is 0 Å². The molecule has 0 radical (unpaired) electrons. The first-order chi connectivity index (χ1) is 9.58. The van der Waals surface area contributed by atoms with Crippen LogP contribution in [0.1, 0.15) is 15.9 Å². The van der Waals surface area contributed by atoms with Gasteiger partial charge >= 0.3 is 5.97 Å². The Balaban J connectivity index is 2.01. The Morgan fingerprint density at radius 1 is 1.30 bits per heavy atom. The van der Waals surface area contributed by atoms with Crippen LogP contribution in [0.4, 0.5) is 5.69 Å². The largest absolute Gasteiger partial charge is 0.478 e. The lowest BCUT2D eigenvalue weighted by Gasteiger charge is -2.09. The third-order valence-electron chi connectivity index (χ3n) is 2.78. The molecule has 0 saturated heterocycles. The summed E-state index contributed by atoms with van der Waals surface area (Å²) in [5.41, 5.74) is 1.64. The number of carboxylic acids is 1. The number of carboxylic acid groups (broad SMARTS) is 1. The molecule has 1 aromatic carbocycles. The number of halogens is 2. The van der Waals surface area contributed by atoms with Crippen molar-refractivity contribution in [3.05, 3.63) is 57.8 Å². The standard InChI is InChI=1S/C14H12Cl2N2O2/c15-10-2-1-9(12(16)7-10)3-6-18-13-8-17-5-4-11(13)14(19)20/h1-2,4-5,7-8,18H,3,6H2,(H,19,20). The Bertz CT molecular complexity index is 632. The molecule has 20 heavy (non-hydrogen) atoms. The Labute approximate surface area is 126 Å². The molecular weight excluding hydrogens is 299 g/mol. The number of aromatic nitrogens is 1. The molecule has 0 spiro atoms. The van der Waals surface area contributed by atoms with Crippen molar-refractivity contribution in [2.45, 2.75) is 6.42 Å². The highest BCUT2D eigenvalue weighted by atomic mass is 35.5. The van der Waals surface area contributed by atoms with Gasteiger partial charge in [0, 0.05) is 22.8 Å². The van der Waals surface area contributed by atoms with Crippen molar-refractivity contribution in [1.82, 2.24) is 4.98 Å². The molecule has 1 aromatic heterocycles. The molecule has 2 N–H and O–H groups in total. The summed E-state index contributed by atoms with van der Waals surface area (Å²) in [4.78, 5) is 15.0. The third kappa shape index (κ3) is 3.62. The molecule has 0 aliphatic carbocycles. The van der Waals surface area contributed by atoms with E-state index in [4.69, 9.17) is 28.3 Å². The van der Waals surface area contributed by atoms with Crippen LogP contribution >= 0.6 is 23.2 Å². The summed E-state index contributed by atoms with van der Waals surface area (Å²) in [6.45, 7) is 0.549. The quantitative estimate of drug-likeness (QED) is 0.883. The summed E-state index contributed by atoms with van der Waals surface area (Å²) in [7, 11) is 0. The van der Waals surface area contributed by atoms with Crippen LogP contribution in [0.15, 0.2) is 36.7 Å². The highest BCUT2D eigenvalue weighted by molar-refractivity contribution is 6.35. The van der Waals surface area contributed by atoms with Crippen LogP contribution in [0, 0.1) is 0 Å². The van der Waals surface area contributed by atoms with Gasteiger partial charge in [-0.15, -0.1) is 0 Å². The van der Waals surface area contributed by atoms with E-state index in [2.05, 4.69) is 10.3 Å². The van der Waals surface area contributed by atoms with Crippen molar-refractivity contribution in [1.29, 1.82) is 0 Å². The van der Waals surface area contributed by atoms with E-state index in [-0.39, 0.29) is 5.56 Å². The van der Waals surface area contributed by atoms with E-state index in [1.807, 2.05) is 6.07 Å². The highest BCUT2D eigenvalue weighted by Crippen LogP contribution is 2.21. The van der Waals surface area contributed by atoms with Gasteiger partial charge in [-0.25, -0.2) is 4.79 Å². The Morgan fingerprint density at radius 3 is 2.80 bits per heavy atom. The summed E-state index contributed by atoms with van der Waals surface area (Å²) < 4.78 is 0. The predicted octanol–water partition coefficient (Wildman–Crippen LogP) is 3.74. The number of pyridine rings is 1. The van der Waals surface area contributed by atoms with Gasteiger partial charge in [-0.3, -0.25) is 4.98 Å². The Kier molecular flexibility index (Phi) is 4.82. The van der Waals surface area contributed by atoms with Gasteiger partial charge < -0.3 is 10.4 Å². The monoisotopic (exact) mass is 310 g/mol. The second-order valence-electron chi connectivity index (χ2n) is 4.14. The molecule has 0 aliphatic rings. The molecule has 2 rings (SSSR count). The lowest BCUT2D eigenvalue weighted by molar-refractivity contribution is 0.0698.